The van der Waals surface area contributed by atoms with Crippen LogP contribution in [0.15, 0.2) is 54.6 Å². The Labute approximate surface area is 337 Å². The van der Waals surface area contributed by atoms with Gasteiger partial charge in [0.05, 0.1) is 11.4 Å². The average Bonchev–Trinajstić information content (AvgIpc) is 3.48. The van der Waals surface area contributed by atoms with E-state index in [1.54, 1.807) is 17.0 Å². The third-order valence-corrected chi connectivity index (χ3v) is 11.5. The predicted molar refractivity (Wildman–Crippen MR) is 223 cm³/mol. The van der Waals surface area contributed by atoms with Gasteiger partial charge in [-0.25, -0.2) is 4.79 Å². The van der Waals surface area contributed by atoms with Crippen molar-refractivity contribution in [3.8, 4) is 22.8 Å². The van der Waals surface area contributed by atoms with Gasteiger partial charge in [0.25, 0.3) is 0 Å². The van der Waals surface area contributed by atoms with Crippen LogP contribution in [0.5, 0.6) is 11.5 Å². The zero-order valence-corrected chi connectivity index (χ0v) is 33.8. The largest absolute Gasteiger partial charge is 0.507 e. The molecule has 3 aromatic rings. The number of rotatable bonds is 18. The molecule has 308 valence electrons. The molecule has 3 fully saturated rings. The van der Waals surface area contributed by atoms with E-state index < -0.39 is 0 Å². The number of amides is 4. The summed E-state index contributed by atoms with van der Waals surface area (Å²) in [6, 6.07) is 17.9. The summed E-state index contributed by atoms with van der Waals surface area (Å²) in [6.07, 6.45) is 8.41. The molecule has 14 nitrogen and oxygen atoms in total. The molecule has 2 aromatic carbocycles. The Balaban J connectivity index is 0.866. The number of phenolic OH excluding ortho intramolecular Hbond substituents is 1. The Hall–Kier alpha value is -5.11. The Bertz CT molecular complexity index is 1790. The first kappa shape index (κ1) is 41.5. The van der Waals surface area contributed by atoms with E-state index in [2.05, 4.69) is 48.4 Å². The number of aromatic nitrogens is 2. The van der Waals surface area contributed by atoms with Gasteiger partial charge in [0.15, 0.2) is 5.82 Å². The third kappa shape index (κ3) is 11.1. The number of nitrogens with two attached hydrogens (primary N) is 1. The van der Waals surface area contributed by atoms with Gasteiger partial charge in [0.1, 0.15) is 18.1 Å². The molecule has 4 amide bonds. The molecule has 3 aliphatic rings. The van der Waals surface area contributed by atoms with Crippen molar-refractivity contribution in [3.05, 3.63) is 54.6 Å². The van der Waals surface area contributed by atoms with Crippen LogP contribution >= 0.6 is 0 Å². The second kappa shape index (κ2) is 20.4. The minimum Gasteiger partial charge on any atom is -0.507 e. The summed E-state index contributed by atoms with van der Waals surface area (Å²) in [6.45, 7) is 11.3. The van der Waals surface area contributed by atoms with Gasteiger partial charge in [0.2, 0.25) is 11.8 Å². The number of hydrogen-bond acceptors (Lipinski definition) is 11. The van der Waals surface area contributed by atoms with Crippen LogP contribution in [0.2, 0.25) is 0 Å². The van der Waals surface area contributed by atoms with E-state index in [0.717, 1.165) is 109 Å². The molecular formula is C43H61N9O5. The van der Waals surface area contributed by atoms with E-state index in [-0.39, 0.29) is 23.6 Å². The molecule has 57 heavy (non-hydrogen) atoms. The number of carbonyl (C=O) groups is 3. The number of ether oxygens (including phenoxy) is 1. The topological polar surface area (TPSA) is 161 Å². The lowest BCUT2D eigenvalue weighted by Crippen LogP contribution is -2.54. The summed E-state index contributed by atoms with van der Waals surface area (Å²) in [5.41, 5.74) is 9.61. The van der Waals surface area contributed by atoms with E-state index in [9.17, 15) is 19.5 Å². The second-order valence-electron chi connectivity index (χ2n) is 15.5. The standard InChI is InChI=1S/C43H61N9O5/c1-3-21-49(4-2)43(56)45-40(54)17-8-6-5-7-9-18-41(55)50-24-22-48(23-25-50)26-27-57-35-14-12-13-32(28-35)52-33-19-20-34(52)31-51(30-33)38-29-37(46-47-42(38)44)36-15-10-11-16-39(36)53/h10-16,28-29,33-34,53H,3-9,17-27,30-31H2,1-2H3,(H2,44,47)(H,45,54,56). The number of benzene rings is 2. The second-order valence-corrected chi connectivity index (χ2v) is 15.5. The van der Waals surface area contributed by atoms with E-state index in [1.807, 2.05) is 43.0 Å². The molecule has 3 aliphatic heterocycles. The van der Waals surface area contributed by atoms with Crippen LogP contribution in [0.4, 0.5) is 22.0 Å². The SMILES string of the molecule is CCCN(CC)C(=O)NC(=O)CCCCCCCC(=O)N1CCN(CCOc2cccc(N3C4CCC3CN(c3cc(-c5ccccc5O)nnc3N)C4)c2)CC1. The quantitative estimate of drug-likeness (QED) is 0.140. The number of fused-ring (bicyclic) bond motifs is 2. The highest BCUT2D eigenvalue weighted by Crippen LogP contribution is 2.39. The molecule has 0 spiro atoms. The van der Waals surface area contributed by atoms with Crippen LogP contribution in [-0.4, -0.2) is 125 Å². The smallest absolute Gasteiger partial charge is 0.324 e. The molecule has 2 atom stereocenters. The number of anilines is 3. The number of imide groups is 1. The summed E-state index contributed by atoms with van der Waals surface area (Å²) in [5.74, 6) is 1.43. The van der Waals surface area contributed by atoms with Crippen molar-refractivity contribution < 1.29 is 24.2 Å². The van der Waals surface area contributed by atoms with Crippen LogP contribution < -0.4 is 25.6 Å². The van der Waals surface area contributed by atoms with Crippen LogP contribution in [0, 0.1) is 0 Å². The van der Waals surface area contributed by atoms with Crippen molar-refractivity contribution in [1.29, 1.82) is 0 Å². The third-order valence-electron chi connectivity index (χ3n) is 11.5. The number of aromatic hydroxyl groups is 1. The van der Waals surface area contributed by atoms with E-state index >= 15 is 0 Å². The van der Waals surface area contributed by atoms with Crippen molar-refractivity contribution in [2.75, 3.05) is 81.0 Å². The number of phenols is 1. The van der Waals surface area contributed by atoms with Gasteiger partial charge in [-0.05, 0) is 69.4 Å². The summed E-state index contributed by atoms with van der Waals surface area (Å²) >= 11 is 0. The number of carbonyl (C=O) groups excluding carboxylic acids is 3. The van der Waals surface area contributed by atoms with Crippen molar-refractivity contribution in [3.63, 3.8) is 0 Å². The number of hydrogen-bond donors (Lipinski definition) is 3. The number of nitrogens with zero attached hydrogens (tertiary/aromatic N) is 7. The fraction of sp³-hybridized carbons (Fsp3) is 0.558. The highest BCUT2D eigenvalue weighted by Gasteiger charge is 2.41. The van der Waals surface area contributed by atoms with E-state index in [1.165, 1.54) is 5.69 Å². The van der Waals surface area contributed by atoms with Crippen LogP contribution in [0.1, 0.15) is 78.1 Å². The van der Waals surface area contributed by atoms with Crippen LogP contribution in [0.3, 0.4) is 0 Å². The lowest BCUT2D eigenvalue weighted by Gasteiger charge is -2.43. The van der Waals surface area contributed by atoms with E-state index in [4.69, 9.17) is 10.5 Å². The summed E-state index contributed by atoms with van der Waals surface area (Å²) in [5, 5.41) is 21.4. The van der Waals surface area contributed by atoms with Crippen molar-refractivity contribution in [1.82, 2.24) is 30.2 Å². The van der Waals surface area contributed by atoms with Gasteiger partial charge in [-0.3, -0.25) is 19.8 Å². The average molecular weight is 784 g/mol. The molecule has 6 rings (SSSR count). The normalized spacial score (nSPS) is 18.1. The minimum absolute atomic E-state index is 0.165. The highest BCUT2D eigenvalue weighted by molar-refractivity contribution is 5.94. The summed E-state index contributed by atoms with van der Waals surface area (Å²) < 4.78 is 6.27. The number of urea groups is 1. The van der Waals surface area contributed by atoms with Crippen LogP contribution in [-0.2, 0) is 9.59 Å². The maximum atomic E-state index is 12.9. The number of nitrogen functional groups attached to an aromatic ring is 1. The Morgan fingerprint density at radius 3 is 2.33 bits per heavy atom. The van der Waals surface area contributed by atoms with Gasteiger partial charge in [-0.15, -0.1) is 10.2 Å². The molecule has 4 heterocycles. The molecule has 0 radical (unpaired) electrons. The lowest BCUT2D eigenvalue weighted by atomic mass is 10.1. The van der Waals surface area contributed by atoms with Gasteiger partial charge < -0.3 is 35.2 Å². The number of para-hydroxylation sites is 1. The Kier molecular flexibility index (Phi) is 14.8. The highest BCUT2D eigenvalue weighted by atomic mass is 16.5. The number of nitrogens with one attached hydrogen (secondary N) is 1. The maximum Gasteiger partial charge on any atom is 0.324 e. The Morgan fingerprint density at radius 1 is 0.895 bits per heavy atom. The van der Waals surface area contributed by atoms with Gasteiger partial charge in [-0.1, -0.05) is 44.4 Å². The van der Waals surface area contributed by atoms with Crippen molar-refractivity contribution in [2.24, 2.45) is 0 Å². The van der Waals surface area contributed by atoms with Gasteiger partial charge >= 0.3 is 6.03 Å². The minimum atomic E-state index is -0.303. The molecule has 3 saturated heterocycles. The summed E-state index contributed by atoms with van der Waals surface area (Å²) in [7, 11) is 0. The predicted octanol–water partition coefficient (Wildman–Crippen LogP) is 5.51. The molecule has 2 unspecified atom stereocenters. The molecule has 0 aliphatic carbocycles. The molecule has 14 heteroatoms. The first-order valence-electron chi connectivity index (χ1n) is 21.0. The fourth-order valence-electron chi connectivity index (χ4n) is 8.42. The lowest BCUT2D eigenvalue weighted by molar-refractivity contribution is -0.133. The van der Waals surface area contributed by atoms with Gasteiger partial charge in [0, 0.05) is 101 Å². The first-order chi connectivity index (χ1) is 27.7. The Morgan fingerprint density at radius 2 is 1.61 bits per heavy atom. The number of unbranched alkanes of at least 4 members (excludes halogenated alkanes) is 4. The monoisotopic (exact) mass is 783 g/mol. The zero-order chi connectivity index (χ0) is 40.1. The molecule has 0 saturated carbocycles. The zero-order valence-electron chi connectivity index (χ0n) is 33.8. The maximum absolute atomic E-state index is 12.9. The van der Waals surface area contributed by atoms with Crippen LogP contribution in [0.25, 0.3) is 11.3 Å². The van der Waals surface area contributed by atoms with Crippen molar-refractivity contribution in [2.45, 2.75) is 90.1 Å². The molecule has 2 bridgehead atoms. The van der Waals surface area contributed by atoms with Gasteiger partial charge in [-0.2, -0.15) is 0 Å². The van der Waals surface area contributed by atoms with Crippen molar-refractivity contribution >= 4 is 35.0 Å². The molecule has 4 N–H and O–H groups in total. The first-order valence-corrected chi connectivity index (χ1v) is 21.0. The van der Waals surface area contributed by atoms with E-state index in [0.29, 0.717) is 61.7 Å². The fourth-order valence-corrected chi connectivity index (χ4v) is 8.42. The summed E-state index contributed by atoms with van der Waals surface area (Å²) in [4.78, 5) is 48.0. The number of piperazine rings is 2. The molecular weight excluding hydrogens is 723 g/mol. The molecule has 1 aromatic heterocycles.